The number of carbonyl (C=O) groups is 2. The molecule has 0 aromatic heterocycles. The first kappa shape index (κ1) is 18.4. The minimum Gasteiger partial charge on any atom is -0.382 e. The van der Waals surface area contributed by atoms with E-state index in [-0.39, 0.29) is 17.6 Å². The van der Waals surface area contributed by atoms with Gasteiger partial charge in [-0.25, -0.2) is 4.39 Å². The minimum atomic E-state index is -0.953. The summed E-state index contributed by atoms with van der Waals surface area (Å²) in [6.45, 7) is 7.17. The average molecular weight is 336 g/mol. The Bertz CT molecular complexity index is 620. The molecule has 2 amide bonds. The van der Waals surface area contributed by atoms with Crippen LogP contribution >= 0.6 is 0 Å². The monoisotopic (exact) mass is 336 g/mol. The van der Waals surface area contributed by atoms with E-state index in [0.29, 0.717) is 43.9 Å². The first-order valence-electron chi connectivity index (χ1n) is 8.35. The summed E-state index contributed by atoms with van der Waals surface area (Å²) in [6, 6.07) is 4.25. The van der Waals surface area contributed by atoms with Gasteiger partial charge in [0.15, 0.2) is 0 Å². The van der Waals surface area contributed by atoms with Gasteiger partial charge >= 0.3 is 0 Å². The van der Waals surface area contributed by atoms with E-state index in [0.717, 1.165) is 6.42 Å². The van der Waals surface area contributed by atoms with Gasteiger partial charge in [-0.15, -0.1) is 0 Å². The molecule has 0 radical (unpaired) electrons. The van der Waals surface area contributed by atoms with Crippen LogP contribution in [-0.2, 0) is 14.3 Å². The van der Waals surface area contributed by atoms with E-state index >= 15 is 0 Å². The van der Waals surface area contributed by atoms with Crippen LogP contribution in [0.5, 0.6) is 0 Å². The van der Waals surface area contributed by atoms with Gasteiger partial charge in [0, 0.05) is 31.9 Å². The van der Waals surface area contributed by atoms with Crippen LogP contribution in [0.3, 0.4) is 0 Å². The number of carbonyl (C=O) groups excluding carboxylic acids is 2. The second-order valence-electron chi connectivity index (χ2n) is 6.24. The lowest BCUT2D eigenvalue weighted by molar-refractivity contribution is -0.127. The highest BCUT2D eigenvalue weighted by Crippen LogP contribution is 2.37. The molecule has 0 saturated carbocycles. The third-order valence-corrected chi connectivity index (χ3v) is 4.41. The summed E-state index contributed by atoms with van der Waals surface area (Å²) < 4.78 is 18.6. The molecule has 24 heavy (non-hydrogen) atoms. The van der Waals surface area contributed by atoms with E-state index in [1.807, 2.05) is 6.92 Å². The Hall–Kier alpha value is -1.95. The van der Waals surface area contributed by atoms with Crippen molar-refractivity contribution in [2.24, 2.45) is 0 Å². The van der Waals surface area contributed by atoms with E-state index in [1.54, 1.807) is 19.9 Å². The van der Waals surface area contributed by atoms with Crippen molar-refractivity contribution in [1.82, 2.24) is 5.32 Å². The molecule has 1 aliphatic heterocycles. The number of rotatable bonds is 7. The zero-order chi connectivity index (χ0) is 17.7. The van der Waals surface area contributed by atoms with Crippen LogP contribution in [0.4, 0.5) is 10.1 Å². The quantitative estimate of drug-likeness (QED) is 0.779. The van der Waals surface area contributed by atoms with Crippen molar-refractivity contribution in [3.63, 3.8) is 0 Å². The maximum Gasteiger partial charge on any atom is 0.246 e. The first-order valence-corrected chi connectivity index (χ1v) is 8.35. The average Bonchev–Trinajstić information content (AvgIpc) is 2.84. The van der Waals surface area contributed by atoms with Crippen molar-refractivity contribution in [3.8, 4) is 0 Å². The molecule has 1 fully saturated rings. The van der Waals surface area contributed by atoms with Crippen LogP contribution in [0.25, 0.3) is 0 Å². The molecule has 2 rings (SSSR count). The van der Waals surface area contributed by atoms with Gasteiger partial charge in [0.1, 0.15) is 11.4 Å². The number of ether oxygens (including phenoxy) is 1. The number of benzene rings is 1. The predicted octanol–water partition coefficient (Wildman–Crippen LogP) is 2.56. The first-order chi connectivity index (χ1) is 11.4. The second kappa shape index (κ2) is 7.75. The molecule has 1 N–H and O–H groups in total. The molecule has 1 aromatic rings. The topological polar surface area (TPSA) is 58.6 Å². The maximum atomic E-state index is 13.4. The van der Waals surface area contributed by atoms with E-state index in [4.69, 9.17) is 4.74 Å². The molecule has 1 saturated heterocycles. The van der Waals surface area contributed by atoms with Gasteiger partial charge < -0.3 is 10.1 Å². The summed E-state index contributed by atoms with van der Waals surface area (Å²) in [4.78, 5) is 26.6. The third kappa shape index (κ3) is 3.75. The van der Waals surface area contributed by atoms with Gasteiger partial charge in [0.25, 0.3) is 0 Å². The molecule has 0 spiro atoms. The number of anilines is 1. The van der Waals surface area contributed by atoms with Crippen LogP contribution in [0, 0.1) is 12.7 Å². The van der Waals surface area contributed by atoms with Gasteiger partial charge in [-0.2, -0.15) is 0 Å². The van der Waals surface area contributed by atoms with Crippen molar-refractivity contribution >= 4 is 17.5 Å². The van der Waals surface area contributed by atoms with Crippen LogP contribution in [0.1, 0.15) is 38.7 Å². The smallest absolute Gasteiger partial charge is 0.246 e. The van der Waals surface area contributed by atoms with Crippen molar-refractivity contribution < 1.29 is 18.7 Å². The Labute approximate surface area is 142 Å². The minimum absolute atomic E-state index is 0.114. The molecule has 1 aliphatic rings. The van der Waals surface area contributed by atoms with Gasteiger partial charge in [-0.05, 0) is 57.4 Å². The van der Waals surface area contributed by atoms with Crippen molar-refractivity contribution in [2.75, 3.05) is 24.7 Å². The van der Waals surface area contributed by atoms with Crippen LogP contribution in [0.2, 0.25) is 0 Å². The van der Waals surface area contributed by atoms with E-state index < -0.39 is 5.54 Å². The number of hydrogen-bond acceptors (Lipinski definition) is 3. The molecule has 6 heteroatoms. The summed E-state index contributed by atoms with van der Waals surface area (Å²) in [7, 11) is 0. The molecule has 0 bridgehead atoms. The fourth-order valence-electron chi connectivity index (χ4n) is 3.05. The Morgan fingerprint density at radius 1 is 1.46 bits per heavy atom. The highest BCUT2D eigenvalue weighted by atomic mass is 19.1. The van der Waals surface area contributed by atoms with E-state index in [9.17, 15) is 14.0 Å². The van der Waals surface area contributed by atoms with Crippen LogP contribution in [-0.4, -0.2) is 37.1 Å². The van der Waals surface area contributed by atoms with Gasteiger partial charge in [0.05, 0.1) is 0 Å². The zero-order valence-corrected chi connectivity index (χ0v) is 14.5. The number of nitrogens with zero attached hydrogens (tertiary/aromatic N) is 1. The normalized spacial score (nSPS) is 20.5. The summed E-state index contributed by atoms with van der Waals surface area (Å²) in [5.74, 6) is -0.657. The van der Waals surface area contributed by atoms with Crippen LogP contribution < -0.4 is 10.2 Å². The lowest BCUT2D eigenvalue weighted by atomic mass is 9.96. The lowest BCUT2D eigenvalue weighted by Crippen LogP contribution is -2.55. The fraction of sp³-hybridized carbons (Fsp3) is 0.556. The summed E-state index contributed by atoms with van der Waals surface area (Å²) >= 11 is 0. The predicted molar refractivity (Wildman–Crippen MR) is 90.4 cm³/mol. The summed E-state index contributed by atoms with van der Waals surface area (Å²) in [5, 5.41) is 2.89. The van der Waals surface area contributed by atoms with Gasteiger partial charge in [-0.1, -0.05) is 0 Å². The largest absolute Gasteiger partial charge is 0.382 e. The molecule has 132 valence electrons. The second-order valence-corrected chi connectivity index (χ2v) is 6.24. The number of aryl methyl sites for hydroxylation is 1. The number of nitrogens with one attached hydrogen (secondary N) is 1. The van der Waals surface area contributed by atoms with Crippen molar-refractivity contribution in [2.45, 2.75) is 45.6 Å². The highest BCUT2D eigenvalue weighted by molar-refractivity contribution is 6.06. The summed E-state index contributed by atoms with van der Waals surface area (Å²) in [5.41, 5.74) is 0.275. The molecular weight excluding hydrogens is 311 g/mol. The maximum absolute atomic E-state index is 13.4. The lowest BCUT2D eigenvalue weighted by Gasteiger charge is -2.35. The van der Waals surface area contributed by atoms with Crippen molar-refractivity contribution in [3.05, 3.63) is 29.6 Å². The van der Waals surface area contributed by atoms with Gasteiger partial charge in [-0.3, -0.25) is 14.5 Å². The molecule has 5 nitrogen and oxygen atoms in total. The standard InChI is InChI=1S/C18H25FN2O3/c1-4-24-11-5-10-20-17(23)18(3)9-8-16(22)21(18)15-7-6-14(19)12-13(15)2/h6-7,12H,4-5,8-11H2,1-3H3,(H,20,23). The molecule has 0 aliphatic carbocycles. The van der Waals surface area contributed by atoms with Crippen LogP contribution in [0.15, 0.2) is 18.2 Å². The third-order valence-electron chi connectivity index (χ3n) is 4.41. The zero-order valence-electron chi connectivity index (χ0n) is 14.5. The Morgan fingerprint density at radius 3 is 2.88 bits per heavy atom. The van der Waals surface area contributed by atoms with Gasteiger partial charge in [0.2, 0.25) is 11.8 Å². The SMILES string of the molecule is CCOCCCNC(=O)C1(C)CCC(=O)N1c1ccc(F)cc1C. The highest BCUT2D eigenvalue weighted by Gasteiger charge is 2.48. The number of halogens is 1. The Morgan fingerprint density at radius 2 is 2.21 bits per heavy atom. The molecule has 1 heterocycles. The summed E-state index contributed by atoms with van der Waals surface area (Å²) in [6.07, 6.45) is 1.47. The molecule has 1 unspecified atom stereocenters. The number of amides is 2. The van der Waals surface area contributed by atoms with E-state index in [1.165, 1.54) is 17.0 Å². The Kier molecular flexibility index (Phi) is 5.94. The Balaban J connectivity index is 2.14. The molecule has 1 aromatic carbocycles. The number of hydrogen-bond donors (Lipinski definition) is 1. The van der Waals surface area contributed by atoms with Crippen molar-refractivity contribution in [1.29, 1.82) is 0 Å². The molecular formula is C18H25FN2O3. The molecule has 1 atom stereocenters. The van der Waals surface area contributed by atoms with E-state index in [2.05, 4.69) is 5.32 Å². The fourth-order valence-corrected chi connectivity index (χ4v) is 3.05.